The normalized spacial score (nSPS) is 22.5. The molecule has 160 valence electrons. The summed E-state index contributed by atoms with van der Waals surface area (Å²) < 4.78 is 1.52. The van der Waals surface area contributed by atoms with Crippen molar-refractivity contribution in [2.75, 3.05) is 11.9 Å². The Balaban J connectivity index is 1.35. The summed E-state index contributed by atoms with van der Waals surface area (Å²) in [5, 5.41) is 23.1. The fraction of sp³-hybridized carbons (Fsp3) is 0.375. The zero-order chi connectivity index (χ0) is 21.5. The SMILES string of the molecule is CN(c1ccc(-c2ccc(-c3ccc(=O)n(C)c3)cc2O)nn1)C1CC2CC[C@H](C1)N2. The van der Waals surface area contributed by atoms with E-state index >= 15 is 0 Å². The lowest BCUT2D eigenvalue weighted by atomic mass is 9.98. The molecule has 2 aliphatic heterocycles. The predicted octanol–water partition coefficient (Wildman–Crippen LogP) is 2.93. The molecule has 2 fully saturated rings. The average Bonchev–Trinajstić information content (AvgIpc) is 3.12. The zero-order valence-electron chi connectivity index (χ0n) is 17.8. The number of aromatic nitrogens is 3. The second kappa shape index (κ2) is 7.81. The zero-order valence-corrected chi connectivity index (χ0v) is 17.8. The van der Waals surface area contributed by atoms with Crippen molar-refractivity contribution in [2.45, 2.75) is 43.8 Å². The summed E-state index contributed by atoms with van der Waals surface area (Å²) in [6.45, 7) is 0. The molecule has 0 aliphatic carbocycles. The van der Waals surface area contributed by atoms with Crippen LogP contribution in [-0.4, -0.2) is 45.0 Å². The fourth-order valence-electron chi connectivity index (χ4n) is 4.88. The van der Waals surface area contributed by atoms with E-state index in [1.165, 1.54) is 23.5 Å². The maximum atomic E-state index is 11.6. The van der Waals surface area contributed by atoms with E-state index in [4.69, 9.17) is 0 Å². The molecule has 2 bridgehead atoms. The number of nitrogens with one attached hydrogen (secondary N) is 1. The molecule has 0 saturated carbocycles. The van der Waals surface area contributed by atoms with Crippen molar-refractivity contribution in [2.24, 2.45) is 7.05 Å². The Bertz CT molecular complexity index is 1150. The van der Waals surface area contributed by atoms with Crippen LogP contribution in [0, 0.1) is 0 Å². The van der Waals surface area contributed by atoms with Crippen LogP contribution in [-0.2, 0) is 7.05 Å². The Morgan fingerprint density at radius 2 is 1.77 bits per heavy atom. The number of hydrogen-bond donors (Lipinski definition) is 2. The van der Waals surface area contributed by atoms with Crippen LogP contribution < -0.4 is 15.8 Å². The van der Waals surface area contributed by atoms with Gasteiger partial charge < -0.3 is 19.9 Å². The molecule has 7 heteroatoms. The lowest BCUT2D eigenvalue weighted by Gasteiger charge is -2.36. The second-order valence-corrected chi connectivity index (χ2v) is 8.75. The van der Waals surface area contributed by atoms with E-state index in [0.717, 1.165) is 29.8 Å². The van der Waals surface area contributed by atoms with E-state index in [1.54, 1.807) is 25.4 Å². The third kappa shape index (κ3) is 3.81. The molecule has 3 atom stereocenters. The summed E-state index contributed by atoms with van der Waals surface area (Å²) >= 11 is 0. The molecule has 2 aromatic heterocycles. The number of nitrogens with zero attached hydrogens (tertiary/aromatic N) is 4. The van der Waals surface area contributed by atoms with Gasteiger partial charge in [0.05, 0.1) is 5.69 Å². The van der Waals surface area contributed by atoms with E-state index in [-0.39, 0.29) is 11.3 Å². The Hall–Kier alpha value is -3.19. The monoisotopic (exact) mass is 417 g/mol. The largest absolute Gasteiger partial charge is 0.507 e. The van der Waals surface area contributed by atoms with Crippen molar-refractivity contribution in [1.82, 2.24) is 20.1 Å². The first kappa shape index (κ1) is 19.8. The van der Waals surface area contributed by atoms with Gasteiger partial charge in [0.1, 0.15) is 5.75 Å². The maximum absolute atomic E-state index is 11.6. The minimum Gasteiger partial charge on any atom is -0.507 e. The maximum Gasteiger partial charge on any atom is 0.250 e. The summed E-state index contributed by atoms with van der Waals surface area (Å²) in [6.07, 6.45) is 6.59. The van der Waals surface area contributed by atoms with Crippen molar-refractivity contribution in [3.8, 4) is 28.1 Å². The van der Waals surface area contributed by atoms with Gasteiger partial charge in [0.15, 0.2) is 5.82 Å². The van der Waals surface area contributed by atoms with Gasteiger partial charge in [0.2, 0.25) is 5.56 Å². The number of pyridine rings is 1. The highest BCUT2D eigenvalue weighted by atomic mass is 16.3. The number of piperidine rings is 1. The van der Waals surface area contributed by atoms with Crippen molar-refractivity contribution in [3.05, 3.63) is 59.0 Å². The molecule has 5 rings (SSSR count). The van der Waals surface area contributed by atoms with Crippen molar-refractivity contribution in [1.29, 1.82) is 0 Å². The summed E-state index contributed by atoms with van der Waals surface area (Å²) in [7, 11) is 3.81. The van der Waals surface area contributed by atoms with E-state index in [2.05, 4.69) is 27.5 Å². The van der Waals surface area contributed by atoms with E-state index in [0.29, 0.717) is 29.4 Å². The number of rotatable bonds is 4. The highest BCUT2D eigenvalue weighted by molar-refractivity contribution is 5.74. The summed E-state index contributed by atoms with van der Waals surface area (Å²) in [6, 6.07) is 14.4. The van der Waals surface area contributed by atoms with Crippen LogP contribution in [0.15, 0.2) is 53.5 Å². The summed E-state index contributed by atoms with van der Waals surface area (Å²) in [5.41, 5.74) is 2.90. The number of aryl methyl sites for hydroxylation is 1. The first-order valence-corrected chi connectivity index (χ1v) is 10.8. The van der Waals surface area contributed by atoms with Gasteiger partial charge in [-0.25, -0.2) is 0 Å². The molecule has 1 aromatic carbocycles. The van der Waals surface area contributed by atoms with Crippen LogP contribution in [0.25, 0.3) is 22.4 Å². The molecular weight excluding hydrogens is 390 g/mol. The molecule has 0 amide bonds. The van der Waals surface area contributed by atoms with Gasteiger partial charge in [0.25, 0.3) is 0 Å². The van der Waals surface area contributed by atoms with Crippen LogP contribution in [0.4, 0.5) is 5.82 Å². The molecule has 7 nitrogen and oxygen atoms in total. The van der Waals surface area contributed by atoms with Crippen LogP contribution in [0.1, 0.15) is 25.7 Å². The minimum absolute atomic E-state index is 0.0675. The quantitative estimate of drug-likeness (QED) is 0.679. The lowest BCUT2D eigenvalue weighted by molar-refractivity contribution is 0.353. The van der Waals surface area contributed by atoms with Gasteiger partial charge in [-0.2, -0.15) is 0 Å². The smallest absolute Gasteiger partial charge is 0.250 e. The number of benzene rings is 1. The topological polar surface area (TPSA) is 83.3 Å². The van der Waals surface area contributed by atoms with Crippen LogP contribution >= 0.6 is 0 Å². The van der Waals surface area contributed by atoms with Gasteiger partial charge in [-0.15, -0.1) is 10.2 Å². The number of phenols is 1. The van der Waals surface area contributed by atoms with Crippen LogP contribution in [0.5, 0.6) is 5.75 Å². The van der Waals surface area contributed by atoms with Gasteiger partial charge in [-0.05, 0) is 67.1 Å². The third-order valence-corrected chi connectivity index (χ3v) is 6.70. The van der Waals surface area contributed by atoms with Crippen molar-refractivity contribution < 1.29 is 5.11 Å². The molecule has 31 heavy (non-hydrogen) atoms. The Labute approximate surface area is 181 Å². The molecule has 2 saturated heterocycles. The molecule has 0 radical (unpaired) electrons. The molecule has 0 spiro atoms. The molecule has 2 N–H and O–H groups in total. The Kier molecular flexibility index (Phi) is 4.98. The van der Waals surface area contributed by atoms with Crippen molar-refractivity contribution >= 4 is 5.82 Å². The van der Waals surface area contributed by atoms with Crippen molar-refractivity contribution in [3.63, 3.8) is 0 Å². The molecule has 2 unspecified atom stereocenters. The number of phenolic OH excluding ortho intramolecular Hbond substituents is 1. The lowest BCUT2D eigenvalue weighted by Crippen LogP contribution is -2.47. The van der Waals surface area contributed by atoms with Crippen LogP contribution in [0.2, 0.25) is 0 Å². The minimum atomic E-state index is -0.0675. The second-order valence-electron chi connectivity index (χ2n) is 8.75. The molecule has 4 heterocycles. The van der Waals surface area contributed by atoms with E-state index in [1.807, 2.05) is 24.3 Å². The van der Waals surface area contributed by atoms with Gasteiger partial charge in [0, 0.05) is 50.0 Å². The van der Waals surface area contributed by atoms with E-state index < -0.39 is 0 Å². The number of aromatic hydroxyl groups is 1. The molecule has 3 aromatic rings. The van der Waals surface area contributed by atoms with Crippen LogP contribution in [0.3, 0.4) is 0 Å². The third-order valence-electron chi connectivity index (χ3n) is 6.70. The first-order valence-electron chi connectivity index (χ1n) is 10.8. The Morgan fingerprint density at radius 3 is 2.42 bits per heavy atom. The van der Waals surface area contributed by atoms with Gasteiger partial charge >= 0.3 is 0 Å². The standard InChI is InChI=1S/C24H27N5O2/c1-28-14-16(4-10-24(28)31)15-3-7-20(22(30)11-15)21-8-9-23(27-26-21)29(2)19-12-17-5-6-18(13-19)25-17/h3-4,7-11,14,17-19,25,30H,5-6,12-13H2,1-2H3/t17-,18?,19?/m1/s1. The molecular formula is C24H27N5O2. The number of hydrogen-bond acceptors (Lipinski definition) is 6. The van der Waals surface area contributed by atoms with Gasteiger partial charge in [-0.1, -0.05) is 6.07 Å². The average molecular weight is 418 g/mol. The van der Waals surface area contributed by atoms with E-state index in [9.17, 15) is 9.90 Å². The first-order chi connectivity index (χ1) is 15.0. The molecule has 2 aliphatic rings. The highest BCUT2D eigenvalue weighted by Gasteiger charge is 2.35. The highest BCUT2D eigenvalue weighted by Crippen LogP contribution is 2.34. The predicted molar refractivity (Wildman–Crippen MR) is 121 cm³/mol. The van der Waals surface area contributed by atoms with Gasteiger partial charge in [-0.3, -0.25) is 4.79 Å². The Morgan fingerprint density at radius 1 is 1.03 bits per heavy atom. The summed E-state index contributed by atoms with van der Waals surface area (Å²) in [5.74, 6) is 0.994. The number of anilines is 1. The number of fused-ring (bicyclic) bond motifs is 2. The summed E-state index contributed by atoms with van der Waals surface area (Å²) in [4.78, 5) is 13.9. The fourth-order valence-corrected chi connectivity index (χ4v) is 4.88.